The number of esters is 1. The molecule has 0 heterocycles. The molecule has 166 valence electrons. The number of hydrogen-bond acceptors (Lipinski definition) is 5. The zero-order valence-electron chi connectivity index (χ0n) is 18.7. The van der Waals surface area contributed by atoms with Gasteiger partial charge in [0.15, 0.2) is 0 Å². The van der Waals surface area contributed by atoms with Gasteiger partial charge in [-0.1, -0.05) is 6.92 Å². The molecule has 0 spiro atoms. The Balaban J connectivity index is 1.37. The van der Waals surface area contributed by atoms with Crippen LogP contribution in [0.25, 0.3) is 0 Å². The molecule has 2 bridgehead atoms. The lowest BCUT2D eigenvalue weighted by atomic mass is 9.68. The molecule has 6 nitrogen and oxygen atoms in total. The number of ether oxygens (including phenoxy) is 2. The Labute approximate surface area is 175 Å². The number of nitrogens with one attached hydrogen (secondary N) is 1. The van der Waals surface area contributed by atoms with Gasteiger partial charge in [0.25, 0.3) is 0 Å². The number of rotatable bonds is 7. The molecule has 0 aromatic carbocycles. The van der Waals surface area contributed by atoms with Crippen LogP contribution in [-0.2, 0) is 14.3 Å². The van der Waals surface area contributed by atoms with Gasteiger partial charge in [-0.2, -0.15) is 0 Å². The highest BCUT2D eigenvalue weighted by Gasteiger charge is 2.58. The van der Waals surface area contributed by atoms with E-state index in [0.29, 0.717) is 24.3 Å². The van der Waals surface area contributed by atoms with Crippen LogP contribution in [0, 0.1) is 23.2 Å². The monoisotopic (exact) mass is 408 g/mol. The van der Waals surface area contributed by atoms with Crippen LogP contribution in [0.1, 0.15) is 85.5 Å². The molecule has 0 aromatic heterocycles. The van der Waals surface area contributed by atoms with E-state index in [1.165, 1.54) is 25.7 Å². The molecule has 0 aliphatic heterocycles. The molecule has 1 amide bonds. The SMILES string of the molecule is CC(C)(C)OC(=O)NCCCCC(N)C(=O)OC1CCCC2CC3CC1C2(C)C3. The molecule has 3 rings (SSSR count). The van der Waals surface area contributed by atoms with Crippen molar-refractivity contribution in [2.75, 3.05) is 6.54 Å². The van der Waals surface area contributed by atoms with Crippen LogP contribution in [0.5, 0.6) is 0 Å². The van der Waals surface area contributed by atoms with E-state index in [1.54, 1.807) is 0 Å². The summed E-state index contributed by atoms with van der Waals surface area (Å²) in [6.07, 6.45) is 9.08. The van der Waals surface area contributed by atoms with E-state index < -0.39 is 17.7 Å². The molecule has 3 aliphatic rings. The van der Waals surface area contributed by atoms with Crippen molar-refractivity contribution in [3.05, 3.63) is 0 Å². The Morgan fingerprint density at radius 3 is 2.66 bits per heavy atom. The Morgan fingerprint density at radius 1 is 1.21 bits per heavy atom. The number of alkyl carbamates (subject to hydrolysis) is 1. The highest BCUT2D eigenvalue weighted by molar-refractivity contribution is 5.75. The number of nitrogens with two attached hydrogens (primary N) is 1. The lowest BCUT2D eigenvalue weighted by Gasteiger charge is -2.40. The fourth-order valence-electron chi connectivity index (χ4n) is 6.09. The van der Waals surface area contributed by atoms with Gasteiger partial charge in [0.2, 0.25) is 0 Å². The van der Waals surface area contributed by atoms with Gasteiger partial charge in [0, 0.05) is 12.5 Å². The summed E-state index contributed by atoms with van der Waals surface area (Å²) in [4.78, 5) is 24.2. The summed E-state index contributed by atoms with van der Waals surface area (Å²) in [6.45, 7) is 8.45. The molecule has 6 unspecified atom stereocenters. The zero-order valence-corrected chi connectivity index (χ0v) is 18.7. The lowest BCUT2D eigenvalue weighted by Crippen LogP contribution is -2.41. The third-order valence-electron chi connectivity index (χ3n) is 7.38. The van der Waals surface area contributed by atoms with Crippen molar-refractivity contribution in [3.8, 4) is 0 Å². The predicted octanol–water partition coefficient (Wildman–Crippen LogP) is 4.16. The smallest absolute Gasteiger partial charge is 0.407 e. The molecule has 3 saturated carbocycles. The molecule has 0 radical (unpaired) electrons. The maximum absolute atomic E-state index is 12.6. The average Bonchev–Trinajstić information content (AvgIpc) is 3.10. The fourth-order valence-corrected chi connectivity index (χ4v) is 6.09. The molecular formula is C23H40N2O4. The second-order valence-corrected chi connectivity index (χ2v) is 10.8. The summed E-state index contributed by atoms with van der Waals surface area (Å²) in [5.74, 6) is 1.92. The molecule has 3 fully saturated rings. The predicted molar refractivity (Wildman–Crippen MR) is 112 cm³/mol. The van der Waals surface area contributed by atoms with Crippen LogP contribution in [0.15, 0.2) is 0 Å². The van der Waals surface area contributed by atoms with Crippen LogP contribution < -0.4 is 11.1 Å². The molecule has 3 N–H and O–H groups in total. The van der Waals surface area contributed by atoms with Crippen molar-refractivity contribution in [3.63, 3.8) is 0 Å². The third-order valence-corrected chi connectivity index (χ3v) is 7.38. The topological polar surface area (TPSA) is 90.6 Å². The number of hydrogen-bond donors (Lipinski definition) is 2. The van der Waals surface area contributed by atoms with Crippen molar-refractivity contribution in [2.45, 2.75) is 103 Å². The van der Waals surface area contributed by atoms with Crippen molar-refractivity contribution < 1.29 is 19.1 Å². The Hall–Kier alpha value is -1.30. The van der Waals surface area contributed by atoms with Crippen LogP contribution in [0.2, 0.25) is 0 Å². The lowest BCUT2D eigenvalue weighted by molar-refractivity contribution is -0.156. The van der Waals surface area contributed by atoms with Gasteiger partial charge in [0.05, 0.1) is 0 Å². The fraction of sp³-hybridized carbons (Fsp3) is 0.913. The standard InChI is InChI=1S/C23H40N2O4/c1-22(2,3)29-21(27)25-11-6-5-9-18(24)20(26)28-19-10-7-8-16-12-15-13-17(19)23(16,4)14-15/h15-19H,5-14,24H2,1-4H3,(H,25,27). The zero-order chi connectivity index (χ0) is 21.2. The van der Waals surface area contributed by atoms with Crippen LogP contribution in [-0.4, -0.2) is 36.4 Å². The first-order chi connectivity index (χ1) is 13.6. The Bertz CT molecular complexity index is 602. The Morgan fingerprint density at radius 2 is 1.97 bits per heavy atom. The first-order valence-corrected chi connectivity index (χ1v) is 11.5. The largest absolute Gasteiger partial charge is 0.461 e. The average molecular weight is 409 g/mol. The second kappa shape index (κ2) is 8.83. The van der Waals surface area contributed by atoms with E-state index in [-0.39, 0.29) is 12.1 Å². The summed E-state index contributed by atoms with van der Waals surface area (Å²) < 4.78 is 11.2. The summed E-state index contributed by atoms with van der Waals surface area (Å²) >= 11 is 0. The summed E-state index contributed by atoms with van der Waals surface area (Å²) in [7, 11) is 0. The minimum Gasteiger partial charge on any atom is -0.461 e. The van der Waals surface area contributed by atoms with E-state index >= 15 is 0 Å². The number of unbranched alkanes of at least 4 members (excludes halogenated alkanes) is 1. The highest BCUT2D eigenvalue weighted by Crippen LogP contribution is 2.64. The van der Waals surface area contributed by atoms with E-state index in [0.717, 1.165) is 37.5 Å². The highest BCUT2D eigenvalue weighted by atomic mass is 16.6. The molecule has 3 aliphatic carbocycles. The molecule has 0 saturated heterocycles. The molecule has 6 heteroatoms. The van der Waals surface area contributed by atoms with Gasteiger partial charge < -0.3 is 20.5 Å². The second-order valence-electron chi connectivity index (χ2n) is 10.8. The summed E-state index contributed by atoms with van der Waals surface area (Å²) in [5.41, 5.74) is 5.99. The van der Waals surface area contributed by atoms with E-state index in [9.17, 15) is 9.59 Å². The van der Waals surface area contributed by atoms with Crippen LogP contribution in [0.4, 0.5) is 4.79 Å². The van der Waals surface area contributed by atoms with E-state index in [2.05, 4.69) is 12.2 Å². The van der Waals surface area contributed by atoms with Gasteiger partial charge in [-0.3, -0.25) is 4.79 Å². The van der Waals surface area contributed by atoms with Crippen molar-refractivity contribution in [1.29, 1.82) is 0 Å². The molecular weight excluding hydrogens is 368 g/mol. The first kappa shape index (κ1) is 22.4. The summed E-state index contributed by atoms with van der Waals surface area (Å²) in [5, 5.41) is 2.73. The van der Waals surface area contributed by atoms with Crippen molar-refractivity contribution in [1.82, 2.24) is 5.32 Å². The molecule has 6 atom stereocenters. The maximum atomic E-state index is 12.6. The Kier molecular flexibility index (Phi) is 6.81. The normalized spacial score (nSPS) is 34.4. The molecule has 29 heavy (non-hydrogen) atoms. The quantitative estimate of drug-likeness (QED) is 0.488. The van der Waals surface area contributed by atoms with Gasteiger partial charge in [-0.25, -0.2) is 4.79 Å². The van der Waals surface area contributed by atoms with Crippen LogP contribution in [0.3, 0.4) is 0 Å². The number of fused-ring (bicyclic) bond motifs is 1. The minimum absolute atomic E-state index is 0.0442. The van der Waals surface area contributed by atoms with Gasteiger partial charge >= 0.3 is 12.1 Å². The van der Waals surface area contributed by atoms with Crippen molar-refractivity contribution >= 4 is 12.1 Å². The minimum atomic E-state index is -0.582. The van der Waals surface area contributed by atoms with Gasteiger partial charge in [0.1, 0.15) is 17.7 Å². The third kappa shape index (κ3) is 5.44. The van der Waals surface area contributed by atoms with E-state index in [4.69, 9.17) is 15.2 Å². The maximum Gasteiger partial charge on any atom is 0.407 e. The first-order valence-electron chi connectivity index (χ1n) is 11.5. The number of carbonyl (C=O) groups is 2. The number of carbonyl (C=O) groups excluding carboxylic acids is 2. The van der Waals surface area contributed by atoms with E-state index in [1.807, 2.05) is 20.8 Å². The number of amides is 1. The van der Waals surface area contributed by atoms with Crippen molar-refractivity contribution in [2.24, 2.45) is 28.9 Å². The van der Waals surface area contributed by atoms with Crippen LogP contribution >= 0.6 is 0 Å². The molecule has 0 aromatic rings. The summed E-state index contributed by atoms with van der Waals surface area (Å²) in [6, 6.07) is -0.582. The van der Waals surface area contributed by atoms with Gasteiger partial charge in [-0.15, -0.1) is 0 Å². The van der Waals surface area contributed by atoms with Gasteiger partial charge in [-0.05, 0) is 95.8 Å².